The molecule has 5 heteroatoms. The normalized spacial score (nSPS) is 9.53. The van der Waals surface area contributed by atoms with Crippen LogP contribution >= 0.6 is 0 Å². The van der Waals surface area contributed by atoms with Gasteiger partial charge in [0, 0.05) is 12.1 Å². The van der Waals surface area contributed by atoms with Crippen LogP contribution in [-0.4, -0.2) is 27.3 Å². The van der Waals surface area contributed by atoms with Crippen molar-refractivity contribution in [1.29, 1.82) is 0 Å². The molecular weight excluding hydrogens is 200 g/mol. The van der Waals surface area contributed by atoms with E-state index in [0.717, 1.165) is 0 Å². The number of carboxylic acid groups (broad SMARTS) is 1. The molecule has 0 fully saturated rings. The molecule has 1 rings (SSSR count). The van der Waals surface area contributed by atoms with E-state index in [9.17, 15) is 9.90 Å². The molecule has 1 aromatic carbocycles. The molecule has 0 saturated heterocycles. The molecule has 0 N–H and O–H groups in total. The number of rotatable bonds is 4. The van der Waals surface area contributed by atoms with Crippen molar-refractivity contribution in [3.63, 3.8) is 0 Å². The summed E-state index contributed by atoms with van der Waals surface area (Å²) >= 11 is 0. The number of ether oxygens (including phenoxy) is 3. The van der Waals surface area contributed by atoms with Crippen molar-refractivity contribution in [1.82, 2.24) is 0 Å². The van der Waals surface area contributed by atoms with Crippen molar-refractivity contribution in [2.75, 3.05) is 21.3 Å². The van der Waals surface area contributed by atoms with Gasteiger partial charge in [0.25, 0.3) is 0 Å². The Morgan fingerprint density at radius 1 is 1.07 bits per heavy atom. The molecular formula is C10H11O5-. The van der Waals surface area contributed by atoms with Crippen molar-refractivity contribution >= 4 is 5.97 Å². The van der Waals surface area contributed by atoms with Gasteiger partial charge in [0.1, 0.15) is 17.2 Å². The van der Waals surface area contributed by atoms with Crippen molar-refractivity contribution < 1.29 is 24.1 Å². The highest BCUT2D eigenvalue weighted by Gasteiger charge is 2.13. The zero-order valence-electron chi connectivity index (χ0n) is 8.70. The zero-order valence-corrected chi connectivity index (χ0v) is 8.70. The first-order valence-electron chi connectivity index (χ1n) is 4.15. The van der Waals surface area contributed by atoms with Gasteiger partial charge in [-0.05, 0) is 0 Å². The Labute approximate surface area is 87.2 Å². The van der Waals surface area contributed by atoms with Gasteiger partial charge in [-0.3, -0.25) is 0 Å². The first-order chi connectivity index (χ1) is 7.13. The van der Waals surface area contributed by atoms with E-state index in [1.807, 2.05) is 0 Å². The number of carbonyl (C=O) groups is 1. The highest BCUT2D eigenvalue weighted by atomic mass is 16.5. The largest absolute Gasteiger partial charge is 0.545 e. The minimum Gasteiger partial charge on any atom is -0.545 e. The second kappa shape index (κ2) is 4.54. The van der Waals surface area contributed by atoms with Gasteiger partial charge in [0.2, 0.25) is 0 Å². The highest BCUT2D eigenvalue weighted by molar-refractivity contribution is 5.93. The monoisotopic (exact) mass is 211 g/mol. The van der Waals surface area contributed by atoms with Gasteiger partial charge >= 0.3 is 0 Å². The first kappa shape index (κ1) is 11.2. The maximum atomic E-state index is 10.8. The highest BCUT2D eigenvalue weighted by Crippen LogP contribution is 2.33. The minimum atomic E-state index is -1.36. The molecule has 0 spiro atoms. The number of benzene rings is 1. The van der Waals surface area contributed by atoms with Crippen molar-refractivity contribution in [2.45, 2.75) is 0 Å². The van der Waals surface area contributed by atoms with E-state index in [0.29, 0.717) is 5.75 Å². The number of hydrogen-bond acceptors (Lipinski definition) is 5. The molecule has 0 aliphatic heterocycles. The molecule has 0 aliphatic carbocycles. The number of hydrogen-bond donors (Lipinski definition) is 0. The van der Waals surface area contributed by atoms with Crippen LogP contribution in [0.3, 0.4) is 0 Å². The Morgan fingerprint density at radius 3 is 1.80 bits per heavy atom. The molecule has 0 saturated carbocycles. The third-order valence-electron chi connectivity index (χ3n) is 1.92. The predicted molar refractivity (Wildman–Crippen MR) is 50.4 cm³/mol. The molecule has 0 aromatic heterocycles. The summed E-state index contributed by atoms with van der Waals surface area (Å²) in [5, 5.41) is 10.8. The Balaban J connectivity index is 3.39. The van der Waals surface area contributed by atoms with Crippen LogP contribution in [0.15, 0.2) is 12.1 Å². The molecule has 15 heavy (non-hydrogen) atoms. The molecule has 0 aliphatic rings. The lowest BCUT2D eigenvalue weighted by atomic mass is 10.1. The fourth-order valence-corrected chi connectivity index (χ4v) is 1.21. The molecule has 5 nitrogen and oxygen atoms in total. The average Bonchev–Trinajstić information content (AvgIpc) is 2.26. The Kier molecular flexibility index (Phi) is 3.38. The van der Waals surface area contributed by atoms with Gasteiger partial charge in [-0.1, -0.05) is 0 Å². The third kappa shape index (κ3) is 2.12. The van der Waals surface area contributed by atoms with Crippen LogP contribution in [0.25, 0.3) is 0 Å². The lowest BCUT2D eigenvalue weighted by molar-refractivity contribution is -0.255. The van der Waals surface area contributed by atoms with E-state index in [1.165, 1.54) is 33.5 Å². The molecule has 0 unspecified atom stereocenters. The minimum absolute atomic E-state index is 0.124. The second-order valence-electron chi connectivity index (χ2n) is 2.69. The summed E-state index contributed by atoms with van der Waals surface area (Å²) in [5.41, 5.74) is -0.124. The SMILES string of the molecule is COc1cc(OC)c(C(=O)[O-])c(OC)c1. The summed E-state index contributed by atoms with van der Waals surface area (Å²) < 4.78 is 14.8. The fraction of sp³-hybridized carbons (Fsp3) is 0.300. The van der Waals surface area contributed by atoms with Crippen LogP contribution in [-0.2, 0) is 0 Å². The van der Waals surface area contributed by atoms with Crippen LogP contribution in [0.5, 0.6) is 17.2 Å². The van der Waals surface area contributed by atoms with Crippen LogP contribution in [0, 0.1) is 0 Å². The van der Waals surface area contributed by atoms with E-state index in [4.69, 9.17) is 14.2 Å². The maximum absolute atomic E-state index is 10.8. The van der Waals surface area contributed by atoms with Gasteiger partial charge in [-0.15, -0.1) is 0 Å². The summed E-state index contributed by atoms with van der Waals surface area (Å²) in [4.78, 5) is 10.8. The van der Waals surface area contributed by atoms with Gasteiger partial charge in [0.05, 0.1) is 32.9 Å². The van der Waals surface area contributed by atoms with Gasteiger partial charge in [-0.2, -0.15) is 0 Å². The Bertz CT molecular complexity index is 347. The van der Waals surface area contributed by atoms with E-state index >= 15 is 0 Å². The summed E-state index contributed by atoms with van der Waals surface area (Å²) in [6.07, 6.45) is 0. The zero-order chi connectivity index (χ0) is 11.4. The van der Waals surface area contributed by atoms with Crippen LogP contribution < -0.4 is 19.3 Å². The molecule has 0 atom stereocenters. The van der Waals surface area contributed by atoms with Crippen molar-refractivity contribution in [3.8, 4) is 17.2 Å². The second-order valence-corrected chi connectivity index (χ2v) is 2.69. The number of carbonyl (C=O) groups excluding carboxylic acids is 1. The van der Waals surface area contributed by atoms with Crippen LogP contribution in [0.2, 0.25) is 0 Å². The van der Waals surface area contributed by atoms with Crippen LogP contribution in [0.4, 0.5) is 0 Å². The van der Waals surface area contributed by atoms with E-state index in [-0.39, 0.29) is 17.1 Å². The quantitative estimate of drug-likeness (QED) is 0.705. The maximum Gasteiger partial charge on any atom is 0.135 e. The van der Waals surface area contributed by atoms with Gasteiger partial charge in [-0.25, -0.2) is 0 Å². The third-order valence-corrected chi connectivity index (χ3v) is 1.92. The molecule has 1 aromatic rings. The molecule has 0 radical (unpaired) electrons. The lowest BCUT2D eigenvalue weighted by Gasteiger charge is -2.15. The summed E-state index contributed by atoms with van der Waals surface area (Å²) in [7, 11) is 4.19. The van der Waals surface area contributed by atoms with Crippen molar-refractivity contribution in [2.24, 2.45) is 0 Å². The van der Waals surface area contributed by atoms with Crippen molar-refractivity contribution in [3.05, 3.63) is 17.7 Å². The Morgan fingerprint density at radius 2 is 1.53 bits per heavy atom. The van der Waals surface area contributed by atoms with Gasteiger partial charge in [0.15, 0.2) is 0 Å². The Hall–Kier alpha value is -1.91. The molecule has 82 valence electrons. The fourth-order valence-electron chi connectivity index (χ4n) is 1.21. The average molecular weight is 211 g/mol. The number of aromatic carboxylic acids is 1. The molecule has 0 amide bonds. The molecule has 0 heterocycles. The van der Waals surface area contributed by atoms with E-state index < -0.39 is 5.97 Å². The summed E-state index contributed by atoms with van der Waals surface area (Å²) in [6, 6.07) is 2.90. The summed E-state index contributed by atoms with van der Waals surface area (Å²) in [5.74, 6) is -0.613. The predicted octanol–water partition coefficient (Wildman–Crippen LogP) is 0.0759. The summed E-state index contributed by atoms with van der Waals surface area (Å²) in [6.45, 7) is 0. The topological polar surface area (TPSA) is 67.8 Å². The number of carboxylic acids is 1. The van der Waals surface area contributed by atoms with Crippen LogP contribution in [0.1, 0.15) is 10.4 Å². The number of methoxy groups -OCH3 is 3. The van der Waals surface area contributed by atoms with Gasteiger partial charge < -0.3 is 24.1 Å². The lowest BCUT2D eigenvalue weighted by Crippen LogP contribution is -2.23. The van der Waals surface area contributed by atoms with E-state index in [1.54, 1.807) is 0 Å². The molecule has 0 bridgehead atoms. The smallest absolute Gasteiger partial charge is 0.135 e. The first-order valence-corrected chi connectivity index (χ1v) is 4.15. The standard InChI is InChI=1S/C10H12O5/c1-13-6-4-7(14-2)9(10(11)12)8(5-6)15-3/h4-5H,1-3H3,(H,11,12)/p-1. The van der Waals surface area contributed by atoms with E-state index in [2.05, 4.69) is 0 Å².